The number of aliphatic imine (C=N–C) groups is 1. The zero-order chi connectivity index (χ0) is 20.8. The molecule has 154 valence electrons. The van der Waals surface area contributed by atoms with Gasteiger partial charge in [-0.2, -0.15) is 5.10 Å². The Hall–Kier alpha value is -2.39. The normalized spacial score (nSPS) is 14.0. The topological polar surface area (TPSA) is 100 Å². The van der Waals surface area contributed by atoms with E-state index >= 15 is 0 Å². The predicted octanol–water partition coefficient (Wildman–Crippen LogP) is 1.82. The van der Waals surface area contributed by atoms with Crippen molar-refractivity contribution >= 4 is 16.0 Å². The molecule has 28 heavy (non-hydrogen) atoms. The van der Waals surface area contributed by atoms with E-state index in [9.17, 15) is 8.42 Å². The summed E-state index contributed by atoms with van der Waals surface area (Å²) in [5.41, 5.74) is 1.39. The Labute approximate surface area is 167 Å². The molecule has 8 nitrogen and oxygen atoms in total. The number of benzene rings is 1. The van der Waals surface area contributed by atoms with Gasteiger partial charge in [0.05, 0.1) is 24.5 Å². The van der Waals surface area contributed by atoms with E-state index in [0.29, 0.717) is 19.0 Å². The van der Waals surface area contributed by atoms with Gasteiger partial charge in [-0.15, -0.1) is 0 Å². The molecule has 0 spiro atoms. The average Bonchev–Trinajstić information content (AvgIpc) is 3.12. The van der Waals surface area contributed by atoms with E-state index < -0.39 is 15.6 Å². The smallest absolute Gasteiger partial charge is 0.209 e. The van der Waals surface area contributed by atoms with Crippen LogP contribution in [0.25, 0.3) is 5.69 Å². The molecule has 1 aromatic carbocycles. The Bertz CT molecular complexity index is 891. The highest BCUT2D eigenvalue weighted by molar-refractivity contribution is 7.88. The van der Waals surface area contributed by atoms with Gasteiger partial charge in [0.1, 0.15) is 0 Å². The summed E-state index contributed by atoms with van der Waals surface area (Å²) in [6, 6.07) is 10.00. The summed E-state index contributed by atoms with van der Waals surface area (Å²) in [4.78, 5) is 4.56. The fraction of sp³-hybridized carbons (Fsp3) is 0.474. The zero-order valence-electron chi connectivity index (χ0n) is 17.1. The SMILES string of the molecule is CCNC(=NCC(C)(C)NS(C)(=O)=O)NC(C)c1cccc(-n2cccn2)c1. The van der Waals surface area contributed by atoms with Crippen LogP contribution < -0.4 is 15.4 Å². The van der Waals surface area contributed by atoms with Crippen molar-refractivity contribution < 1.29 is 8.42 Å². The minimum atomic E-state index is -3.30. The summed E-state index contributed by atoms with van der Waals surface area (Å²) < 4.78 is 27.4. The monoisotopic (exact) mass is 406 g/mol. The first-order valence-electron chi connectivity index (χ1n) is 9.23. The highest BCUT2D eigenvalue weighted by Crippen LogP contribution is 2.16. The third-order valence-electron chi connectivity index (χ3n) is 3.93. The molecule has 0 saturated heterocycles. The molecule has 0 aliphatic heterocycles. The van der Waals surface area contributed by atoms with Crippen molar-refractivity contribution in [3.05, 3.63) is 48.3 Å². The van der Waals surface area contributed by atoms with Crippen LogP contribution in [0.3, 0.4) is 0 Å². The van der Waals surface area contributed by atoms with Crippen LogP contribution in [0, 0.1) is 0 Å². The van der Waals surface area contributed by atoms with Gasteiger partial charge in [0.15, 0.2) is 5.96 Å². The van der Waals surface area contributed by atoms with E-state index in [4.69, 9.17) is 0 Å². The van der Waals surface area contributed by atoms with Crippen LogP contribution in [0.15, 0.2) is 47.7 Å². The molecule has 0 bridgehead atoms. The van der Waals surface area contributed by atoms with Gasteiger partial charge in [-0.1, -0.05) is 12.1 Å². The Morgan fingerprint density at radius 3 is 2.68 bits per heavy atom. The highest BCUT2D eigenvalue weighted by atomic mass is 32.2. The van der Waals surface area contributed by atoms with Crippen molar-refractivity contribution in [1.29, 1.82) is 0 Å². The van der Waals surface area contributed by atoms with Crippen molar-refractivity contribution in [3.63, 3.8) is 0 Å². The molecular formula is C19H30N6O2S. The van der Waals surface area contributed by atoms with Crippen LogP contribution >= 0.6 is 0 Å². The van der Waals surface area contributed by atoms with Crippen LogP contribution in [0.4, 0.5) is 0 Å². The first-order valence-corrected chi connectivity index (χ1v) is 11.1. The van der Waals surface area contributed by atoms with Gasteiger partial charge in [0.25, 0.3) is 0 Å². The molecule has 9 heteroatoms. The van der Waals surface area contributed by atoms with Gasteiger partial charge in [-0.25, -0.2) is 17.8 Å². The maximum Gasteiger partial charge on any atom is 0.209 e. The van der Waals surface area contributed by atoms with Crippen LogP contribution in [0.2, 0.25) is 0 Å². The molecule has 0 aliphatic carbocycles. The predicted molar refractivity (Wildman–Crippen MR) is 113 cm³/mol. The largest absolute Gasteiger partial charge is 0.357 e. The van der Waals surface area contributed by atoms with Gasteiger partial charge in [-0.05, 0) is 51.5 Å². The first kappa shape index (κ1) is 21.9. The first-order chi connectivity index (χ1) is 13.1. The van der Waals surface area contributed by atoms with Crippen LogP contribution in [-0.2, 0) is 10.0 Å². The van der Waals surface area contributed by atoms with Crippen molar-refractivity contribution in [1.82, 2.24) is 25.1 Å². The Balaban J connectivity index is 2.12. The molecular weight excluding hydrogens is 376 g/mol. The molecule has 0 radical (unpaired) electrons. The van der Waals surface area contributed by atoms with E-state index in [1.54, 1.807) is 20.0 Å². The zero-order valence-corrected chi connectivity index (χ0v) is 17.9. The van der Waals surface area contributed by atoms with E-state index in [0.717, 1.165) is 17.5 Å². The minimum Gasteiger partial charge on any atom is -0.357 e. The summed E-state index contributed by atoms with van der Waals surface area (Å²) in [6.45, 7) is 8.65. The number of nitrogens with one attached hydrogen (secondary N) is 3. The molecule has 2 rings (SSSR count). The van der Waals surface area contributed by atoms with Crippen LogP contribution in [-0.4, -0.2) is 49.0 Å². The average molecular weight is 407 g/mol. The lowest BCUT2D eigenvalue weighted by atomic mass is 10.1. The van der Waals surface area contributed by atoms with E-state index in [1.807, 2.05) is 42.1 Å². The number of sulfonamides is 1. The number of guanidine groups is 1. The number of aromatic nitrogens is 2. The van der Waals surface area contributed by atoms with Gasteiger partial charge in [0, 0.05) is 24.5 Å². The van der Waals surface area contributed by atoms with Gasteiger partial charge in [0.2, 0.25) is 10.0 Å². The fourth-order valence-electron chi connectivity index (χ4n) is 2.78. The summed E-state index contributed by atoms with van der Waals surface area (Å²) in [6.07, 6.45) is 4.80. The summed E-state index contributed by atoms with van der Waals surface area (Å²) in [5, 5.41) is 10.8. The number of nitrogens with zero attached hydrogens (tertiary/aromatic N) is 3. The molecule has 0 fully saturated rings. The molecule has 1 heterocycles. The van der Waals surface area contributed by atoms with E-state index in [2.05, 4.69) is 38.4 Å². The molecule has 3 N–H and O–H groups in total. The maximum atomic E-state index is 11.5. The molecule has 1 atom stereocenters. The fourth-order valence-corrected chi connectivity index (χ4v) is 3.85. The maximum absolute atomic E-state index is 11.5. The Kier molecular flexibility index (Phi) is 7.20. The van der Waals surface area contributed by atoms with Gasteiger partial charge < -0.3 is 10.6 Å². The third-order valence-corrected chi connectivity index (χ3v) is 4.85. The summed E-state index contributed by atoms with van der Waals surface area (Å²) in [5.74, 6) is 0.628. The second kappa shape index (κ2) is 9.20. The van der Waals surface area contributed by atoms with E-state index in [-0.39, 0.29) is 6.04 Å². The lowest BCUT2D eigenvalue weighted by molar-refractivity contribution is 0.464. The standard InChI is InChI=1S/C19H30N6O2S/c1-6-20-18(21-14-19(3,4)24-28(5,26)27)23-15(2)16-9-7-10-17(13-16)25-12-8-11-22-25/h7-13,15,24H,6,14H2,1-5H3,(H2,20,21,23). The lowest BCUT2D eigenvalue weighted by Crippen LogP contribution is -2.47. The van der Waals surface area contributed by atoms with Crippen LogP contribution in [0.5, 0.6) is 0 Å². The quantitative estimate of drug-likeness (QED) is 0.459. The molecule has 2 aromatic rings. The molecule has 0 aliphatic rings. The van der Waals surface area contributed by atoms with Crippen molar-refractivity contribution in [2.45, 2.75) is 39.3 Å². The molecule has 0 saturated carbocycles. The Morgan fingerprint density at radius 2 is 2.07 bits per heavy atom. The second-order valence-electron chi connectivity index (χ2n) is 7.36. The lowest BCUT2D eigenvalue weighted by Gasteiger charge is -2.24. The number of hydrogen-bond donors (Lipinski definition) is 3. The van der Waals surface area contributed by atoms with Gasteiger partial charge >= 0.3 is 0 Å². The van der Waals surface area contributed by atoms with Crippen molar-refractivity contribution in [3.8, 4) is 5.69 Å². The minimum absolute atomic E-state index is 0.000656. The number of rotatable bonds is 8. The highest BCUT2D eigenvalue weighted by Gasteiger charge is 2.22. The number of hydrogen-bond acceptors (Lipinski definition) is 4. The van der Waals surface area contributed by atoms with Crippen molar-refractivity contribution in [2.75, 3.05) is 19.3 Å². The van der Waals surface area contributed by atoms with Gasteiger partial charge in [-0.3, -0.25) is 4.99 Å². The summed E-state index contributed by atoms with van der Waals surface area (Å²) >= 11 is 0. The van der Waals surface area contributed by atoms with E-state index in [1.165, 1.54) is 0 Å². The molecule has 1 aromatic heterocycles. The van der Waals surface area contributed by atoms with Crippen LogP contribution in [0.1, 0.15) is 39.3 Å². The molecule has 0 amide bonds. The third kappa shape index (κ3) is 6.97. The summed E-state index contributed by atoms with van der Waals surface area (Å²) in [7, 11) is -3.30. The Morgan fingerprint density at radius 1 is 1.32 bits per heavy atom. The van der Waals surface area contributed by atoms with Crippen molar-refractivity contribution in [2.24, 2.45) is 4.99 Å². The molecule has 1 unspecified atom stereocenters. The second-order valence-corrected chi connectivity index (χ2v) is 9.11.